The Kier molecular flexibility index (Phi) is 2.30. The number of aromatic hydroxyl groups is 1. The van der Waals surface area contributed by atoms with E-state index in [4.69, 9.17) is 22.4 Å². The molecular weight excluding hydrogens is 207 g/mol. The summed E-state index contributed by atoms with van der Waals surface area (Å²) in [6.45, 7) is 0. The van der Waals surface area contributed by atoms with Crippen molar-refractivity contribution < 1.29 is 18.3 Å². The number of hydrogen-bond donors (Lipinski definition) is 2. The maximum Gasteiger partial charge on any atom is 0.421 e. The average Bonchev–Trinajstić information content (AvgIpc) is 1.78. The summed E-state index contributed by atoms with van der Waals surface area (Å²) in [5.74, 6) is -0.961. The molecule has 0 unspecified atom stereocenters. The Bertz CT molecular complexity index is 314. The van der Waals surface area contributed by atoms with Crippen molar-refractivity contribution in [2.45, 2.75) is 6.18 Å². The van der Waals surface area contributed by atoms with Gasteiger partial charge in [0.2, 0.25) is 0 Å². The van der Waals surface area contributed by atoms with E-state index in [-0.39, 0.29) is 5.02 Å². The second kappa shape index (κ2) is 2.99. The lowest BCUT2D eigenvalue weighted by molar-refractivity contribution is -0.138. The molecule has 72 valence electrons. The van der Waals surface area contributed by atoms with Crippen molar-refractivity contribution in [3.05, 3.63) is 22.7 Å². The Labute approximate surface area is 76.7 Å². The van der Waals surface area contributed by atoms with Gasteiger partial charge in [-0.05, 0) is 12.1 Å². The smallest absolute Gasteiger partial charge is 0.421 e. The van der Waals surface area contributed by atoms with Crippen LogP contribution < -0.4 is 5.73 Å². The molecule has 0 fully saturated rings. The summed E-state index contributed by atoms with van der Waals surface area (Å²) in [5.41, 5.74) is 3.21. The molecule has 0 heterocycles. The topological polar surface area (TPSA) is 46.2 Å². The van der Waals surface area contributed by atoms with Crippen LogP contribution >= 0.6 is 11.6 Å². The van der Waals surface area contributed by atoms with Crippen molar-refractivity contribution in [2.75, 3.05) is 5.73 Å². The molecule has 0 aliphatic heterocycles. The Morgan fingerprint density at radius 3 is 2.23 bits per heavy atom. The number of alkyl halides is 3. The van der Waals surface area contributed by atoms with Crippen LogP contribution in [0.2, 0.25) is 5.02 Å². The van der Waals surface area contributed by atoms with Crippen LogP contribution in [0, 0.1) is 0 Å². The number of halogens is 4. The van der Waals surface area contributed by atoms with Crippen LogP contribution in [0.15, 0.2) is 12.1 Å². The van der Waals surface area contributed by atoms with Gasteiger partial charge in [-0.2, -0.15) is 13.2 Å². The van der Waals surface area contributed by atoms with Crippen LogP contribution in [-0.2, 0) is 6.18 Å². The first-order chi connectivity index (χ1) is 5.82. The molecule has 0 aliphatic rings. The maximum atomic E-state index is 12.2. The highest BCUT2D eigenvalue weighted by atomic mass is 35.5. The van der Waals surface area contributed by atoms with E-state index in [0.717, 1.165) is 12.1 Å². The molecule has 0 spiro atoms. The molecule has 0 radical (unpaired) electrons. The van der Waals surface area contributed by atoms with Gasteiger partial charge in [0.1, 0.15) is 11.3 Å². The van der Waals surface area contributed by atoms with Gasteiger partial charge in [0.15, 0.2) is 0 Å². The van der Waals surface area contributed by atoms with E-state index in [9.17, 15) is 13.2 Å². The lowest BCUT2D eigenvalue weighted by Gasteiger charge is -2.11. The third-order valence-electron chi connectivity index (χ3n) is 1.40. The van der Waals surface area contributed by atoms with Crippen molar-refractivity contribution in [1.29, 1.82) is 0 Å². The molecule has 1 aromatic carbocycles. The highest BCUT2D eigenvalue weighted by molar-refractivity contribution is 6.31. The SMILES string of the molecule is Nc1cc(Cl)cc(O)c1C(F)(F)F. The summed E-state index contributed by atoms with van der Waals surface area (Å²) >= 11 is 5.36. The molecule has 0 saturated carbocycles. The average molecular weight is 212 g/mol. The molecular formula is C7H5ClF3NO. The van der Waals surface area contributed by atoms with Crippen LogP contribution in [0.1, 0.15) is 5.56 Å². The highest BCUT2D eigenvalue weighted by Crippen LogP contribution is 2.40. The fraction of sp³-hybridized carbons (Fsp3) is 0.143. The van der Waals surface area contributed by atoms with E-state index >= 15 is 0 Å². The highest BCUT2D eigenvalue weighted by Gasteiger charge is 2.36. The Morgan fingerprint density at radius 2 is 1.85 bits per heavy atom. The molecule has 13 heavy (non-hydrogen) atoms. The van der Waals surface area contributed by atoms with Gasteiger partial charge in [-0.15, -0.1) is 0 Å². The molecule has 0 aliphatic carbocycles. The minimum absolute atomic E-state index is 0.0389. The van der Waals surface area contributed by atoms with Crippen molar-refractivity contribution in [2.24, 2.45) is 0 Å². The van der Waals surface area contributed by atoms with Crippen LogP contribution in [0.3, 0.4) is 0 Å². The lowest BCUT2D eigenvalue weighted by atomic mass is 10.1. The summed E-state index contributed by atoms with van der Waals surface area (Å²) in [4.78, 5) is 0. The van der Waals surface area contributed by atoms with E-state index < -0.39 is 23.2 Å². The number of anilines is 1. The normalized spacial score (nSPS) is 11.7. The number of benzene rings is 1. The zero-order chi connectivity index (χ0) is 10.2. The fourth-order valence-corrected chi connectivity index (χ4v) is 1.14. The summed E-state index contributed by atoms with van der Waals surface area (Å²) < 4.78 is 36.5. The number of nitrogens with two attached hydrogens (primary N) is 1. The predicted molar refractivity (Wildman–Crippen MR) is 42.5 cm³/mol. The minimum Gasteiger partial charge on any atom is -0.507 e. The minimum atomic E-state index is -4.67. The number of phenols is 1. The van der Waals surface area contributed by atoms with Gasteiger partial charge in [-0.1, -0.05) is 11.6 Å². The van der Waals surface area contributed by atoms with Crippen molar-refractivity contribution in [3.63, 3.8) is 0 Å². The Balaban J connectivity index is 3.38. The number of hydrogen-bond acceptors (Lipinski definition) is 2. The van der Waals surface area contributed by atoms with Gasteiger partial charge in [-0.3, -0.25) is 0 Å². The molecule has 0 saturated heterocycles. The first kappa shape index (κ1) is 9.98. The Morgan fingerprint density at radius 1 is 1.31 bits per heavy atom. The van der Waals surface area contributed by atoms with Crippen molar-refractivity contribution in [3.8, 4) is 5.75 Å². The monoisotopic (exact) mass is 211 g/mol. The van der Waals surface area contributed by atoms with Crippen molar-refractivity contribution >= 4 is 17.3 Å². The van der Waals surface area contributed by atoms with Crippen molar-refractivity contribution in [1.82, 2.24) is 0 Å². The van der Waals surface area contributed by atoms with Gasteiger partial charge in [-0.25, -0.2) is 0 Å². The van der Waals surface area contributed by atoms with Crippen LogP contribution in [0.25, 0.3) is 0 Å². The van der Waals surface area contributed by atoms with Gasteiger partial charge in [0, 0.05) is 10.7 Å². The second-order valence-electron chi connectivity index (χ2n) is 2.39. The van der Waals surface area contributed by atoms with E-state index in [1.165, 1.54) is 0 Å². The van der Waals surface area contributed by atoms with E-state index in [2.05, 4.69) is 0 Å². The molecule has 2 nitrogen and oxygen atoms in total. The summed E-state index contributed by atoms with van der Waals surface area (Å²) in [5, 5.41) is 8.88. The predicted octanol–water partition coefficient (Wildman–Crippen LogP) is 2.65. The molecule has 3 N–H and O–H groups in total. The van der Waals surface area contributed by atoms with Gasteiger partial charge >= 0.3 is 6.18 Å². The van der Waals surface area contributed by atoms with Gasteiger partial charge < -0.3 is 10.8 Å². The third kappa shape index (κ3) is 1.98. The van der Waals surface area contributed by atoms with Gasteiger partial charge in [0.05, 0.1) is 0 Å². The van der Waals surface area contributed by atoms with E-state index in [0.29, 0.717) is 0 Å². The largest absolute Gasteiger partial charge is 0.507 e. The maximum absolute atomic E-state index is 12.2. The molecule has 6 heteroatoms. The number of rotatable bonds is 0. The quantitative estimate of drug-likeness (QED) is 0.648. The fourth-order valence-electron chi connectivity index (χ4n) is 0.922. The van der Waals surface area contributed by atoms with E-state index in [1.807, 2.05) is 0 Å². The van der Waals surface area contributed by atoms with Crippen LogP contribution in [0.5, 0.6) is 5.75 Å². The molecule has 0 atom stereocenters. The Hall–Kier alpha value is -1.10. The number of phenolic OH excluding ortho intramolecular Hbond substituents is 1. The lowest BCUT2D eigenvalue weighted by Crippen LogP contribution is -2.09. The summed E-state index contributed by atoms with van der Waals surface area (Å²) in [6.07, 6.45) is -4.67. The zero-order valence-corrected chi connectivity index (χ0v) is 6.95. The van der Waals surface area contributed by atoms with Gasteiger partial charge in [0.25, 0.3) is 0 Å². The zero-order valence-electron chi connectivity index (χ0n) is 6.19. The molecule has 0 amide bonds. The molecule has 1 rings (SSSR count). The molecule has 0 aromatic heterocycles. The third-order valence-corrected chi connectivity index (χ3v) is 1.61. The van der Waals surface area contributed by atoms with Crippen LogP contribution in [0.4, 0.5) is 18.9 Å². The summed E-state index contributed by atoms with van der Waals surface area (Å²) in [7, 11) is 0. The first-order valence-corrected chi connectivity index (χ1v) is 3.55. The summed E-state index contributed by atoms with van der Waals surface area (Å²) in [6, 6.07) is 1.73. The number of nitrogen functional groups attached to an aromatic ring is 1. The first-order valence-electron chi connectivity index (χ1n) is 3.17. The van der Waals surface area contributed by atoms with Crippen LogP contribution in [-0.4, -0.2) is 5.11 Å². The molecule has 1 aromatic rings. The molecule has 0 bridgehead atoms. The second-order valence-corrected chi connectivity index (χ2v) is 2.82. The van der Waals surface area contributed by atoms with E-state index in [1.54, 1.807) is 0 Å². The standard InChI is InChI=1S/C7H5ClF3NO/c8-3-1-4(12)6(5(13)2-3)7(9,10)11/h1-2,13H,12H2.